The van der Waals surface area contributed by atoms with E-state index in [2.05, 4.69) is 15.9 Å². The Labute approximate surface area is 159 Å². The van der Waals surface area contributed by atoms with Crippen LogP contribution in [0.5, 0.6) is 0 Å². The van der Waals surface area contributed by atoms with Crippen LogP contribution in [0.1, 0.15) is 11.1 Å². The Balaban J connectivity index is 1.78. The van der Waals surface area contributed by atoms with Crippen molar-refractivity contribution in [2.24, 2.45) is 0 Å². The van der Waals surface area contributed by atoms with Gasteiger partial charge in [-0.15, -0.1) is 0 Å². The van der Waals surface area contributed by atoms with E-state index in [-0.39, 0.29) is 12.4 Å². The van der Waals surface area contributed by atoms with Crippen LogP contribution in [0.15, 0.2) is 59.5 Å². The monoisotopic (exact) mass is 426 g/mol. The summed E-state index contributed by atoms with van der Waals surface area (Å²) in [6, 6.07) is 17.0. The number of ether oxygens (including phenoxy) is 1. The number of aliphatic hydroxyl groups excluding tert-OH is 2. The average molecular weight is 427 g/mol. The lowest BCUT2D eigenvalue weighted by Crippen LogP contribution is -2.39. The highest BCUT2D eigenvalue weighted by molar-refractivity contribution is 9.09. The lowest BCUT2D eigenvalue weighted by atomic mass is 10.2. The van der Waals surface area contributed by atoms with Gasteiger partial charge in [0.1, 0.15) is 0 Å². The first kappa shape index (κ1) is 20.3. The number of halogens is 1. The quantitative estimate of drug-likeness (QED) is 0.604. The van der Waals surface area contributed by atoms with Gasteiger partial charge in [-0.25, -0.2) is 0 Å². The van der Waals surface area contributed by atoms with Crippen molar-refractivity contribution in [2.45, 2.75) is 35.5 Å². The standard InChI is InChI=1S/C19H23BrO4S/c1-14-7-9-16(10-8-14)25(23)13-18(21)19(22)17(20)12-24-11-15-5-3-2-4-6-15/h2-10,17-19,21-22H,11-13H2,1H3/t17-,18-,19-,25?/m0/s1. The minimum Gasteiger partial charge on any atom is -0.389 e. The minimum absolute atomic E-state index is 0.0228. The van der Waals surface area contributed by atoms with Crippen LogP contribution in [0.4, 0.5) is 0 Å². The summed E-state index contributed by atoms with van der Waals surface area (Å²) in [5.74, 6) is -0.0228. The minimum atomic E-state index is -1.37. The fraction of sp³-hybridized carbons (Fsp3) is 0.368. The molecule has 0 bridgehead atoms. The number of aryl methyl sites for hydroxylation is 1. The molecule has 0 saturated heterocycles. The molecule has 0 saturated carbocycles. The topological polar surface area (TPSA) is 66.8 Å². The number of rotatable bonds is 9. The Morgan fingerprint density at radius 2 is 1.72 bits per heavy atom. The van der Waals surface area contributed by atoms with E-state index >= 15 is 0 Å². The first-order chi connectivity index (χ1) is 12.0. The average Bonchev–Trinajstić information content (AvgIpc) is 2.62. The first-order valence-corrected chi connectivity index (χ1v) is 10.3. The lowest BCUT2D eigenvalue weighted by Gasteiger charge is -2.22. The molecular weight excluding hydrogens is 404 g/mol. The van der Waals surface area contributed by atoms with E-state index in [9.17, 15) is 14.4 Å². The van der Waals surface area contributed by atoms with Crippen LogP contribution in [0.2, 0.25) is 0 Å². The van der Waals surface area contributed by atoms with Gasteiger partial charge < -0.3 is 14.9 Å². The van der Waals surface area contributed by atoms with Gasteiger partial charge in [0, 0.05) is 4.90 Å². The number of alkyl halides is 1. The van der Waals surface area contributed by atoms with Gasteiger partial charge in [-0.2, -0.15) is 0 Å². The molecule has 0 fully saturated rings. The summed E-state index contributed by atoms with van der Waals surface area (Å²) < 4.78 is 17.8. The van der Waals surface area contributed by atoms with Crippen molar-refractivity contribution in [2.75, 3.05) is 12.4 Å². The Morgan fingerprint density at radius 3 is 2.36 bits per heavy atom. The summed E-state index contributed by atoms with van der Waals surface area (Å²) in [4.78, 5) is 0.199. The number of hydrogen-bond donors (Lipinski definition) is 2. The molecule has 0 amide bonds. The summed E-state index contributed by atoms with van der Waals surface area (Å²) in [5, 5.41) is 20.4. The summed E-state index contributed by atoms with van der Waals surface area (Å²) in [5.41, 5.74) is 2.12. The molecule has 0 spiro atoms. The largest absolute Gasteiger partial charge is 0.389 e. The van der Waals surface area contributed by atoms with E-state index in [0.29, 0.717) is 11.5 Å². The highest BCUT2D eigenvalue weighted by Crippen LogP contribution is 2.15. The van der Waals surface area contributed by atoms with Crippen molar-refractivity contribution in [3.8, 4) is 0 Å². The summed E-state index contributed by atoms with van der Waals surface area (Å²) in [7, 11) is -1.37. The molecule has 25 heavy (non-hydrogen) atoms. The first-order valence-electron chi connectivity index (χ1n) is 8.04. The molecule has 2 N–H and O–H groups in total. The van der Waals surface area contributed by atoms with E-state index in [1.807, 2.05) is 49.4 Å². The zero-order valence-corrected chi connectivity index (χ0v) is 16.4. The highest BCUT2D eigenvalue weighted by Gasteiger charge is 2.26. The molecule has 4 nitrogen and oxygen atoms in total. The molecule has 0 heterocycles. The third kappa shape index (κ3) is 6.64. The number of hydrogen-bond acceptors (Lipinski definition) is 4. The maximum atomic E-state index is 12.3. The van der Waals surface area contributed by atoms with Crippen LogP contribution in [0.3, 0.4) is 0 Å². The third-order valence-electron chi connectivity index (χ3n) is 3.76. The van der Waals surface area contributed by atoms with Gasteiger partial charge in [0.05, 0.1) is 46.8 Å². The molecule has 0 aliphatic carbocycles. The Hall–Kier alpha value is -1.05. The second kappa shape index (κ2) is 10.2. The highest BCUT2D eigenvalue weighted by atomic mass is 79.9. The molecule has 1 unspecified atom stereocenters. The van der Waals surface area contributed by atoms with Crippen molar-refractivity contribution in [3.05, 3.63) is 65.7 Å². The molecule has 0 radical (unpaired) electrons. The summed E-state index contributed by atoms with van der Waals surface area (Å²) in [6.45, 7) is 2.63. The summed E-state index contributed by atoms with van der Waals surface area (Å²) in [6.07, 6.45) is -2.17. The van der Waals surface area contributed by atoms with E-state index < -0.39 is 27.8 Å². The van der Waals surface area contributed by atoms with Crippen LogP contribution >= 0.6 is 15.9 Å². The number of benzene rings is 2. The second-order valence-corrected chi connectivity index (χ2v) is 8.57. The maximum Gasteiger partial charge on any atom is 0.0955 e. The second-order valence-electron chi connectivity index (χ2n) is 5.90. The Kier molecular flexibility index (Phi) is 8.26. The van der Waals surface area contributed by atoms with E-state index in [1.165, 1.54) is 0 Å². The van der Waals surface area contributed by atoms with E-state index in [1.54, 1.807) is 12.1 Å². The normalized spacial score (nSPS) is 16.2. The van der Waals surface area contributed by atoms with Crippen molar-refractivity contribution >= 4 is 26.7 Å². The zero-order chi connectivity index (χ0) is 18.2. The molecule has 0 aliphatic rings. The predicted molar refractivity (Wildman–Crippen MR) is 103 cm³/mol. The van der Waals surface area contributed by atoms with E-state index in [0.717, 1.165) is 11.1 Å². The fourth-order valence-corrected chi connectivity index (χ4v) is 3.92. The van der Waals surface area contributed by atoms with Crippen LogP contribution in [-0.4, -0.2) is 43.8 Å². The van der Waals surface area contributed by atoms with Crippen LogP contribution in [0, 0.1) is 6.92 Å². The van der Waals surface area contributed by atoms with Gasteiger partial charge >= 0.3 is 0 Å². The maximum absolute atomic E-state index is 12.3. The molecule has 2 aromatic rings. The van der Waals surface area contributed by atoms with Gasteiger partial charge in [-0.3, -0.25) is 4.21 Å². The third-order valence-corrected chi connectivity index (χ3v) is 6.01. The zero-order valence-electron chi connectivity index (χ0n) is 14.0. The van der Waals surface area contributed by atoms with Gasteiger partial charge in [-0.05, 0) is 24.6 Å². The SMILES string of the molecule is Cc1ccc(S(=O)C[C@H](O)[C@@H](O)[C@@H](Br)COCc2ccccc2)cc1. The van der Waals surface area contributed by atoms with Gasteiger partial charge in [-0.1, -0.05) is 64.0 Å². The Morgan fingerprint density at radius 1 is 1.08 bits per heavy atom. The van der Waals surface area contributed by atoms with Gasteiger partial charge in [0.2, 0.25) is 0 Å². The van der Waals surface area contributed by atoms with Gasteiger partial charge in [0.15, 0.2) is 0 Å². The molecule has 136 valence electrons. The predicted octanol–water partition coefficient (Wildman–Crippen LogP) is 2.80. The van der Waals surface area contributed by atoms with Gasteiger partial charge in [0.25, 0.3) is 0 Å². The Bertz CT molecular complexity index is 663. The molecule has 0 aromatic heterocycles. The van der Waals surface area contributed by atoms with Crippen LogP contribution in [-0.2, 0) is 22.1 Å². The smallest absolute Gasteiger partial charge is 0.0955 e. The van der Waals surface area contributed by atoms with Crippen molar-refractivity contribution in [1.29, 1.82) is 0 Å². The van der Waals surface area contributed by atoms with E-state index in [4.69, 9.17) is 4.74 Å². The summed E-state index contributed by atoms with van der Waals surface area (Å²) >= 11 is 3.34. The number of aliphatic hydroxyl groups is 2. The lowest BCUT2D eigenvalue weighted by molar-refractivity contribution is 0.0107. The molecule has 2 rings (SSSR count). The molecule has 6 heteroatoms. The molecule has 4 atom stereocenters. The fourth-order valence-electron chi connectivity index (χ4n) is 2.24. The molecule has 0 aliphatic heterocycles. The van der Waals surface area contributed by atoms with Crippen LogP contribution in [0.25, 0.3) is 0 Å². The van der Waals surface area contributed by atoms with Crippen molar-refractivity contribution in [3.63, 3.8) is 0 Å². The molecular formula is C19H23BrO4S. The van der Waals surface area contributed by atoms with Crippen molar-refractivity contribution in [1.82, 2.24) is 0 Å². The van der Waals surface area contributed by atoms with Crippen LogP contribution < -0.4 is 0 Å². The molecule has 2 aromatic carbocycles. The van der Waals surface area contributed by atoms with Crippen molar-refractivity contribution < 1.29 is 19.2 Å².